The second-order valence-corrected chi connectivity index (χ2v) is 5.59. The molecule has 0 aliphatic heterocycles. The highest BCUT2D eigenvalue weighted by Crippen LogP contribution is 2.09. The van der Waals surface area contributed by atoms with Gasteiger partial charge in [0, 0.05) is 44.4 Å². The first-order valence-corrected chi connectivity index (χ1v) is 7.71. The van der Waals surface area contributed by atoms with Crippen molar-refractivity contribution in [1.82, 2.24) is 35.8 Å². The molecule has 2 heterocycles. The van der Waals surface area contributed by atoms with Crippen LogP contribution in [0.1, 0.15) is 30.4 Å². The third kappa shape index (κ3) is 5.01. The molecule has 23 heavy (non-hydrogen) atoms. The lowest BCUT2D eigenvalue weighted by molar-refractivity contribution is 0.193. The summed E-state index contributed by atoms with van der Waals surface area (Å²) in [5.74, 6) is 0.659. The highest BCUT2D eigenvalue weighted by molar-refractivity contribution is 5.74. The minimum absolute atomic E-state index is 0.0702. The average Bonchev–Trinajstić information content (AvgIpc) is 3.06. The normalized spacial score (nSPS) is 12.0. The second-order valence-electron chi connectivity index (χ2n) is 5.59. The summed E-state index contributed by atoms with van der Waals surface area (Å²) in [6.07, 6.45) is 3.97. The number of H-pyrrole nitrogens is 1. The predicted octanol–water partition coefficient (Wildman–Crippen LogP) is 1.11. The maximum Gasteiger partial charge on any atom is 0.317 e. The Morgan fingerprint density at radius 1 is 1.48 bits per heavy atom. The molecule has 0 aromatic carbocycles. The molecular formula is C15H23N7O. The molecule has 2 rings (SSSR count). The number of hydrogen-bond acceptors (Lipinski definition) is 5. The number of amides is 2. The van der Waals surface area contributed by atoms with Crippen LogP contribution in [0.5, 0.6) is 0 Å². The number of carbonyl (C=O) groups is 1. The number of aromatic nitrogens is 5. The van der Waals surface area contributed by atoms with Crippen molar-refractivity contribution in [3.05, 3.63) is 35.4 Å². The monoisotopic (exact) mass is 317 g/mol. The summed E-state index contributed by atoms with van der Waals surface area (Å²) in [5, 5.41) is 16.6. The minimum atomic E-state index is -0.0841. The van der Waals surface area contributed by atoms with E-state index in [1.54, 1.807) is 18.1 Å². The molecule has 0 aliphatic carbocycles. The SMILES string of the molecule is Cc1cccnc1C[C@@H](C)N(C)C(=O)NCCCc1nn[nH]n1. The fourth-order valence-electron chi connectivity index (χ4n) is 2.20. The van der Waals surface area contributed by atoms with Crippen molar-refractivity contribution in [1.29, 1.82) is 0 Å². The summed E-state index contributed by atoms with van der Waals surface area (Å²) in [5.41, 5.74) is 2.17. The van der Waals surface area contributed by atoms with E-state index in [4.69, 9.17) is 0 Å². The number of aromatic amines is 1. The fourth-order valence-corrected chi connectivity index (χ4v) is 2.20. The summed E-state index contributed by atoms with van der Waals surface area (Å²) in [7, 11) is 1.80. The molecule has 2 aromatic heterocycles. The number of nitrogens with one attached hydrogen (secondary N) is 2. The van der Waals surface area contributed by atoms with Gasteiger partial charge >= 0.3 is 6.03 Å². The Balaban J connectivity index is 1.74. The Labute approximate surface area is 135 Å². The van der Waals surface area contributed by atoms with Crippen LogP contribution in [0.2, 0.25) is 0 Å². The van der Waals surface area contributed by atoms with Crippen molar-refractivity contribution in [2.24, 2.45) is 0 Å². The van der Waals surface area contributed by atoms with E-state index in [1.165, 1.54) is 0 Å². The zero-order chi connectivity index (χ0) is 16.7. The Morgan fingerprint density at radius 2 is 2.30 bits per heavy atom. The van der Waals surface area contributed by atoms with Crippen LogP contribution >= 0.6 is 0 Å². The molecule has 8 heteroatoms. The zero-order valence-corrected chi connectivity index (χ0v) is 13.8. The Hall–Kier alpha value is -2.51. The Morgan fingerprint density at radius 3 is 3.00 bits per heavy atom. The number of rotatable bonds is 7. The van der Waals surface area contributed by atoms with Gasteiger partial charge in [0.1, 0.15) is 0 Å². The Bertz CT molecular complexity index is 614. The van der Waals surface area contributed by atoms with Crippen molar-refractivity contribution in [2.75, 3.05) is 13.6 Å². The predicted molar refractivity (Wildman–Crippen MR) is 85.8 cm³/mol. The van der Waals surface area contributed by atoms with E-state index >= 15 is 0 Å². The molecule has 0 aliphatic rings. The third-order valence-corrected chi connectivity index (χ3v) is 3.83. The molecule has 0 fully saturated rings. The quantitative estimate of drug-likeness (QED) is 0.745. The van der Waals surface area contributed by atoms with Crippen LogP contribution in [-0.2, 0) is 12.8 Å². The van der Waals surface area contributed by atoms with E-state index in [0.717, 1.165) is 24.1 Å². The lowest BCUT2D eigenvalue weighted by atomic mass is 10.1. The van der Waals surface area contributed by atoms with Gasteiger partial charge in [-0.25, -0.2) is 4.79 Å². The lowest BCUT2D eigenvalue weighted by Gasteiger charge is -2.25. The number of carbonyl (C=O) groups excluding carboxylic acids is 1. The average molecular weight is 317 g/mol. The molecule has 0 spiro atoms. The van der Waals surface area contributed by atoms with Crippen LogP contribution in [0.4, 0.5) is 4.79 Å². The number of tetrazole rings is 1. The maximum absolute atomic E-state index is 12.2. The summed E-state index contributed by atoms with van der Waals surface area (Å²) < 4.78 is 0. The molecule has 124 valence electrons. The maximum atomic E-state index is 12.2. The summed E-state index contributed by atoms with van der Waals surface area (Å²) >= 11 is 0. The van der Waals surface area contributed by atoms with Crippen LogP contribution in [0.15, 0.2) is 18.3 Å². The molecule has 0 saturated carbocycles. The number of aryl methyl sites for hydroxylation is 2. The van der Waals surface area contributed by atoms with Gasteiger partial charge in [-0.3, -0.25) is 4.98 Å². The van der Waals surface area contributed by atoms with Gasteiger partial charge in [-0.05, 0) is 31.9 Å². The van der Waals surface area contributed by atoms with E-state index in [9.17, 15) is 4.79 Å². The topological polar surface area (TPSA) is 99.7 Å². The van der Waals surface area contributed by atoms with Crippen molar-refractivity contribution >= 4 is 6.03 Å². The first kappa shape index (κ1) is 16.9. The first-order chi connectivity index (χ1) is 11.1. The summed E-state index contributed by atoms with van der Waals surface area (Å²) in [6.45, 7) is 4.63. The summed E-state index contributed by atoms with van der Waals surface area (Å²) in [6, 6.07) is 3.94. The van der Waals surface area contributed by atoms with Gasteiger partial charge in [0.05, 0.1) is 0 Å². The van der Waals surface area contributed by atoms with Crippen LogP contribution in [0, 0.1) is 6.92 Å². The number of likely N-dealkylation sites (N-methyl/N-ethyl adjacent to an activating group) is 1. The lowest BCUT2D eigenvalue weighted by Crippen LogP contribution is -2.43. The van der Waals surface area contributed by atoms with E-state index in [2.05, 4.69) is 30.9 Å². The first-order valence-electron chi connectivity index (χ1n) is 7.71. The molecule has 0 radical (unpaired) electrons. The smallest absolute Gasteiger partial charge is 0.317 e. The molecule has 2 aromatic rings. The van der Waals surface area contributed by atoms with Gasteiger partial charge in [0.25, 0.3) is 0 Å². The molecule has 8 nitrogen and oxygen atoms in total. The molecule has 0 saturated heterocycles. The van der Waals surface area contributed by atoms with E-state index in [1.807, 2.05) is 26.0 Å². The standard InChI is InChI=1S/C15H23N7O/c1-11-6-4-8-16-13(11)10-12(2)22(3)15(23)17-9-5-7-14-18-20-21-19-14/h4,6,8,12H,5,7,9-10H2,1-3H3,(H,17,23)(H,18,19,20,21)/t12-/m1/s1. The molecule has 2 amide bonds. The summed E-state index contributed by atoms with van der Waals surface area (Å²) in [4.78, 5) is 18.3. The highest BCUT2D eigenvalue weighted by atomic mass is 16.2. The molecule has 2 N–H and O–H groups in total. The minimum Gasteiger partial charge on any atom is -0.338 e. The van der Waals surface area contributed by atoms with Crippen LogP contribution in [-0.4, -0.2) is 56.2 Å². The van der Waals surface area contributed by atoms with Crippen molar-refractivity contribution in [3.63, 3.8) is 0 Å². The fraction of sp³-hybridized carbons (Fsp3) is 0.533. The van der Waals surface area contributed by atoms with Gasteiger partial charge in [-0.2, -0.15) is 5.21 Å². The highest BCUT2D eigenvalue weighted by Gasteiger charge is 2.17. The van der Waals surface area contributed by atoms with E-state index in [-0.39, 0.29) is 12.1 Å². The largest absolute Gasteiger partial charge is 0.338 e. The Kier molecular flexibility index (Phi) is 6.02. The molecule has 0 unspecified atom stereocenters. The number of nitrogens with zero attached hydrogens (tertiary/aromatic N) is 5. The van der Waals surface area contributed by atoms with Crippen molar-refractivity contribution < 1.29 is 4.79 Å². The van der Waals surface area contributed by atoms with E-state index < -0.39 is 0 Å². The zero-order valence-electron chi connectivity index (χ0n) is 13.8. The molecular weight excluding hydrogens is 294 g/mol. The number of urea groups is 1. The number of pyridine rings is 1. The van der Waals surface area contributed by atoms with Gasteiger partial charge < -0.3 is 10.2 Å². The van der Waals surface area contributed by atoms with Gasteiger partial charge in [0.15, 0.2) is 5.82 Å². The number of hydrogen-bond donors (Lipinski definition) is 2. The van der Waals surface area contributed by atoms with Gasteiger partial charge in [0.2, 0.25) is 0 Å². The van der Waals surface area contributed by atoms with Crippen molar-refractivity contribution in [2.45, 2.75) is 39.2 Å². The van der Waals surface area contributed by atoms with Gasteiger partial charge in [-0.15, -0.1) is 10.2 Å². The van der Waals surface area contributed by atoms with Crippen LogP contribution in [0.3, 0.4) is 0 Å². The van der Waals surface area contributed by atoms with E-state index in [0.29, 0.717) is 18.8 Å². The van der Waals surface area contributed by atoms with Crippen molar-refractivity contribution in [3.8, 4) is 0 Å². The molecule has 1 atom stereocenters. The third-order valence-electron chi connectivity index (χ3n) is 3.83. The van der Waals surface area contributed by atoms with Gasteiger partial charge in [-0.1, -0.05) is 11.3 Å². The second kappa shape index (κ2) is 8.21. The van der Waals surface area contributed by atoms with Crippen LogP contribution in [0.25, 0.3) is 0 Å². The van der Waals surface area contributed by atoms with Crippen LogP contribution < -0.4 is 5.32 Å². The molecule has 0 bridgehead atoms.